The van der Waals surface area contributed by atoms with Gasteiger partial charge >= 0.3 is 5.97 Å². The van der Waals surface area contributed by atoms with Crippen molar-refractivity contribution in [3.63, 3.8) is 0 Å². The van der Waals surface area contributed by atoms with E-state index in [-0.39, 0.29) is 11.9 Å². The molecule has 0 saturated heterocycles. The molecule has 1 aliphatic rings. The molecule has 1 heterocycles. The minimum Gasteiger partial charge on any atom is -0.481 e. The number of carbonyl (C=O) groups excluding carboxylic acids is 1. The lowest BCUT2D eigenvalue weighted by Gasteiger charge is -2.27. The third kappa shape index (κ3) is 2.34. The number of rotatable bonds is 3. The molecule has 1 amide bonds. The molecule has 0 bridgehead atoms. The van der Waals surface area contributed by atoms with Crippen LogP contribution in [-0.4, -0.2) is 32.8 Å². The second-order valence-electron chi connectivity index (χ2n) is 5.44. The maximum atomic E-state index is 12.2. The first kappa shape index (κ1) is 13.6. The standard InChI is InChI=1S/C13H19N3O3/c1-8-9(7-16(3)15-8)11(17)14-10-5-4-6-13(10,2)12(18)19/h7,10H,4-6H2,1-3H3,(H,14,17)(H,18,19). The van der Waals surface area contributed by atoms with Crippen molar-refractivity contribution in [2.24, 2.45) is 12.5 Å². The molecule has 1 saturated carbocycles. The van der Waals surface area contributed by atoms with Crippen LogP contribution in [0.4, 0.5) is 0 Å². The number of carboxylic acid groups (broad SMARTS) is 1. The highest BCUT2D eigenvalue weighted by Gasteiger charge is 2.46. The van der Waals surface area contributed by atoms with E-state index in [1.807, 2.05) is 0 Å². The monoisotopic (exact) mass is 265 g/mol. The molecule has 0 aromatic carbocycles. The first-order valence-electron chi connectivity index (χ1n) is 6.39. The molecule has 6 heteroatoms. The lowest BCUT2D eigenvalue weighted by atomic mass is 9.85. The molecular weight excluding hydrogens is 246 g/mol. The summed E-state index contributed by atoms with van der Waals surface area (Å²) in [5.74, 6) is -1.09. The van der Waals surface area contributed by atoms with Gasteiger partial charge in [-0.2, -0.15) is 5.10 Å². The van der Waals surface area contributed by atoms with Gasteiger partial charge in [0.05, 0.1) is 16.7 Å². The number of aryl methyl sites for hydroxylation is 2. The van der Waals surface area contributed by atoms with Crippen LogP contribution >= 0.6 is 0 Å². The van der Waals surface area contributed by atoms with Gasteiger partial charge in [0.25, 0.3) is 5.91 Å². The van der Waals surface area contributed by atoms with Gasteiger partial charge in [-0.15, -0.1) is 0 Å². The summed E-state index contributed by atoms with van der Waals surface area (Å²) in [5, 5.41) is 16.3. The number of aliphatic carboxylic acids is 1. The molecule has 0 radical (unpaired) electrons. The lowest BCUT2D eigenvalue weighted by Crippen LogP contribution is -2.47. The van der Waals surface area contributed by atoms with E-state index in [1.165, 1.54) is 0 Å². The molecule has 6 nitrogen and oxygen atoms in total. The van der Waals surface area contributed by atoms with Crippen molar-refractivity contribution < 1.29 is 14.7 Å². The van der Waals surface area contributed by atoms with E-state index in [2.05, 4.69) is 10.4 Å². The predicted molar refractivity (Wildman–Crippen MR) is 68.8 cm³/mol. The summed E-state index contributed by atoms with van der Waals surface area (Å²) < 4.78 is 1.58. The van der Waals surface area contributed by atoms with Gasteiger partial charge in [-0.1, -0.05) is 6.42 Å². The quantitative estimate of drug-likeness (QED) is 0.857. The Balaban J connectivity index is 2.15. The van der Waals surface area contributed by atoms with Crippen LogP contribution in [0.3, 0.4) is 0 Å². The Morgan fingerprint density at radius 2 is 2.26 bits per heavy atom. The van der Waals surface area contributed by atoms with Crippen LogP contribution in [-0.2, 0) is 11.8 Å². The van der Waals surface area contributed by atoms with Crippen LogP contribution in [0.25, 0.3) is 0 Å². The summed E-state index contributed by atoms with van der Waals surface area (Å²) in [6.07, 6.45) is 3.77. The highest BCUT2D eigenvalue weighted by atomic mass is 16.4. The highest BCUT2D eigenvalue weighted by Crippen LogP contribution is 2.38. The van der Waals surface area contributed by atoms with Gasteiger partial charge < -0.3 is 10.4 Å². The molecule has 0 spiro atoms. The van der Waals surface area contributed by atoms with Crippen LogP contribution in [0.2, 0.25) is 0 Å². The first-order chi connectivity index (χ1) is 8.84. The number of hydrogen-bond acceptors (Lipinski definition) is 3. The maximum absolute atomic E-state index is 12.2. The molecule has 104 valence electrons. The van der Waals surface area contributed by atoms with E-state index in [1.54, 1.807) is 31.8 Å². The smallest absolute Gasteiger partial charge is 0.311 e. The summed E-state index contributed by atoms with van der Waals surface area (Å²) in [6, 6.07) is -0.322. The number of carbonyl (C=O) groups is 2. The fourth-order valence-corrected chi connectivity index (χ4v) is 2.71. The van der Waals surface area contributed by atoms with Crippen LogP contribution in [0.5, 0.6) is 0 Å². The minimum absolute atomic E-state index is 0.245. The van der Waals surface area contributed by atoms with Crippen molar-refractivity contribution in [3.05, 3.63) is 17.5 Å². The van der Waals surface area contributed by atoms with Crippen LogP contribution in [0, 0.1) is 12.3 Å². The zero-order valence-electron chi connectivity index (χ0n) is 11.4. The van der Waals surface area contributed by atoms with Gasteiger partial charge in [0.2, 0.25) is 0 Å². The Hall–Kier alpha value is -1.85. The topological polar surface area (TPSA) is 84.2 Å². The van der Waals surface area contributed by atoms with E-state index in [4.69, 9.17) is 0 Å². The van der Waals surface area contributed by atoms with Crippen LogP contribution in [0.1, 0.15) is 42.2 Å². The number of amides is 1. The van der Waals surface area contributed by atoms with Gasteiger partial charge in [-0.25, -0.2) is 0 Å². The van der Waals surface area contributed by atoms with Gasteiger partial charge in [0, 0.05) is 19.3 Å². The Bertz CT molecular complexity index is 523. The number of hydrogen-bond donors (Lipinski definition) is 2. The second-order valence-corrected chi connectivity index (χ2v) is 5.44. The Kier molecular flexibility index (Phi) is 3.34. The molecule has 19 heavy (non-hydrogen) atoms. The van der Waals surface area contributed by atoms with Crippen molar-refractivity contribution in [3.8, 4) is 0 Å². The molecule has 2 rings (SSSR count). The molecule has 2 N–H and O–H groups in total. The lowest BCUT2D eigenvalue weighted by molar-refractivity contribution is -0.148. The third-order valence-electron chi connectivity index (χ3n) is 4.01. The van der Waals surface area contributed by atoms with Gasteiger partial charge in [-0.3, -0.25) is 14.3 Å². The largest absolute Gasteiger partial charge is 0.481 e. The molecule has 1 fully saturated rings. The van der Waals surface area contributed by atoms with Gasteiger partial charge in [0.1, 0.15) is 0 Å². The number of nitrogens with zero attached hydrogens (tertiary/aromatic N) is 2. The molecule has 1 aromatic rings. The zero-order valence-corrected chi connectivity index (χ0v) is 11.4. The number of carboxylic acids is 1. The Labute approximate surface area is 111 Å². The van der Waals surface area contributed by atoms with Crippen molar-refractivity contribution in [2.45, 2.75) is 39.2 Å². The molecule has 0 aliphatic heterocycles. The molecule has 2 unspecified atom stereocenters. The minimum atomic E-state index is -0.869. The van der Waals surface area contributed by atoms with E-state index in [0.29, 0.717) is 24.1 Å². The fraction of sp³-hybridized carbons (Fsp3) is 0.615. The first-order valence-corrected chi connectivity index (χ1v) is 6.39. The summed E-state index contributed by atoms with van der Waals surface area (Å²) in [6.45, 7) is 3.46. The number of nitrogens with one attached hydrogen (secondary N) is 1. The van der Waals surface area contributed by atoms with Crippen LogP contribution in [0.15, 0.2) is 6.20 Å². The van der Waals surface area contributed by atoms with E-state index >= 15 is 0 Å². The Morgan fingerprint density at radius 1 is 1.58 bits per heavy atom. The average molecular weight is 265 g/mol. The second kappa shape index (κ2) is 4.68. The van der Waals surface area contributed by atoms with Gasteiger partial charge in [-0.05, 0) is 26.7 Å². The Morgan fingerprint density at radius 3 is 2.79 bits per heavy atom. The van der Waals surface area contributed by atoms with Crippen molar-refractivity contribution in [2.75, 3.05) is 0 Å². The maximum Gasteiger partial charge on any atom is 0.311 e. The van der Waals surface area contributed by atoms with Crippen molar-refractivity contribution in [1.29, 1.82) is 0 Å². The summed E-state index contributed by atoms with van der Waals surface area (Å²) >= 11 is 0. The predicted octanol–water partition coefficient (Wildman–Crippen LogP) is 1.10. The summed E-state index contributed by atoms with van der Waals surface area (Å²) in [7, 11) is 1.75. The van der Waals surface area contributed by atoms with Crippen molar-refractivity contribution in [1.82, 2.24) is 15.1 Å². The molecule has 2 atom stereocenters. The molecular formula is C13H19N3O3. The van der Waals surface area contributed by atoms with E-state index in [9.17, 15) is 14.7 Å². The third-order valence-corrected chi connectivity index (χ3v) is 4.01. The molecule has 1 aromatic heterocycles. The normalized spacial score (nSPS) is 26.4. The fourth-order valence-electron chi connectivity index (χ4n) is 2.71. The zero-order chi connectivity index (χ0) is 14.2. The molecule has 1 aliphatic carbocycles. The summed E-state index contributed by atoms with van der Waals surface area (Å²) in [5.41, 5.74) is 0.281. The highest BCUT2D eigenvalue weighted by molar-refractivity contribution is 5.95. The summed E-state index contributed by atoms with van der Waals surface area (Å²) in [4.78, 5) is 23.5. The van der Waals surface area contributed by atoms with Crippen LogP contribution < -0.4 is 5.32 Å². The van der Waals surface area contributed by atoms with Gasteiger partial charge in [0.15, 0.2) is 0 Å². The van der Waals surface area contributed by atoms with E-state index < -0.39 is 11.4 Å². The van der Waals surface area contributed by atoms with Crippen molar-refractivity contribution >= 4 is 11.9 Å². The average Bonchev–Trinajstić information content (AvgIpc) is 2.84. The SMILES string of the molecule is Cc1nn(C)cc1C(=O)NC1CCCC1(C)C(=O)O. The number of aromatic nitrogens is 2. The van der Waals surface area contributed by atoms with E-state index in [0.717, 1.165) is 6.42 Å².